The number of halogens is 1. The van der Waals surface area contributed by atoms with Crippen molar-refractivity contribution in [3.63, 3.8) is 0 Å². The minimum atomic E-state index is -3.73. The van der Waals surface area contributed by atoms with Crippen LogP contribution in [0.25, 0.3) is 0 Å². The quantitative estimate of drug-likeness (QED) is 0.944. The van der Waals surface area contributed by atoms with E-state index in [2.05, 4.69) is 4.72 Å². The number of nitriles is 1. The third kappa shape index (κ3) is 3.36. The highest BCUT2D eigenvalue weighted by atomic mass is 35.5. The first-order valence-corrected chi connectivity index (χ1v) is 7.62. The largest absolute Gasteiger partial charge is 0.242 e. The normalized spacial score (nSPS) is 11.0. The molecule has 0 aliphatic heterocycles. The Labute approximate surface area is 122 Å². The van der Waals surface area contributed by atoms with Gasteiger partial charge in [-0.3, -0.25) is 0 Å². The van der Waals surface area contributed by atoms with Crippen molar-refractivity contribution >= 4 is 21.6 Å². The maximum absolute atomic E-state index is 12.2. The molecular weight excluding hydrogens is 296 g/mol. The Hall–Kier alpha value is -1.87. The maximum Gasteiger partial charge on any atom is 0.242 e. The molecular formula is C14H11ClN2O2S. The summed E-state index contributed by atoms with van der Waals surface area (Å²) >= 11 is 5.84. The van der Waals surface area contributed by atoms with Crippen molar-refractivity contribution in [2.45, 2.75) is 11.4 Å². The lowest BCUT2D eigenvalue weighted by Crippen LogP contribution is -2.24. The van der Waals surface area contributed by atoms with Gasteiger partial charge in [-0.2, -0.15) is 5.26 Å². The van der Waals surface area contributed by atoms with Gasteiger partial charge >= 0.3 is 0 Å². The van der Waals surface area contributed by atoms with E-state index in [4.69, 9.17) is 16.9 Å². The summed E-state index contributed by atoms with van der Waals surface area (Å²) in [5.41, 5.74) is 0.863. The lowest BCUT2D eigenvalue weighted by atomic mass is 10.2. The van der Waals surface area contributed by atoms with Gasteiger partial charge in [0.05, 0.1) is 10.5 Å². The molecule has 2 rings (SSSR count). The van der Waals surface area contributed by atoms with Crippen molar-refractivity contribution in [1.29, 1.82) is 5.26 Å². The lowest BCUT2D eigenvalue weighted by molar-refractivity contribution is 0.581. The first-order valence-electron chi connectivity index (χ1n) is 5.76. The van der Waals surface area contributed by atoms with Gasteiger partial charge in [-0.1, -0.05) is 35.9 Å². The monoisotopic (exact) mass is 306 g/mol. The average Bonchev–Trinajstić information content (AvgIpc) is 2.45. The van der Waals surface area contributed by atoms with E-state index in [1.807, 2.05) is 6.07 Å². The predicted octanol–water partition coefficient (Wildman–Crippen LogP) is 2.69. The third-order valence-corrected chi connectivity index (χ3v) is 4.35. The first kappa shape index (κ1) is 14.5. The van der Waals surface area contributed by atoms with Crippen LogP contribution >= 0.6 is 11.6 Å². The van der Waals surface area contributed by atoms with Crippen molar-refractivity contribution < 1.29 is 8.42 Å². The molecule has 0 saturated carbocycles. The summed E-state index contributed by atoms with van der Waals surface area (Å²) < 4.78 is 26.8. The van der Waals surface area contributed by atoms with Crippen LogP contribution in [0.2, 0.25) is 5.02 Å². The molecule has 0 aliphatic carbocycles. The Balaban J connectivity index is 2.22. The molecule has 102 valence electrons. The van der Waals surface area contributed by atoms with Gasteiger partial charge in [-0.05, 0) is 29.8 Å². The molecule has 0 fully saturated rings. The minimum Gasteiger partial charge on any atom is -0.207 e. The highest BCUT2D eigenvalue weighted by Gasteiger charge is 2.17. The van der Waals surface area contributed by atoms with Gasteiger partial charge in [0.25, 0.3) is 0 Å². The fourth-order valence-corrected chi connectivity index (χ4v) is 3.08. The smallest absolute Gasteiger partial charge is 0.207 e. The van der Waals surface area contributed by atoms with Crippen LogP contribution in [0.4, 0.5) is 0 Å². The van der Waals surface area contributed by atoms with E-state index in [1.54, 1.807) is 36.4 Å². The third-order valence-electron chi connectivity index (χ3n) is 2.65. The highest BCUT2D eigenvalue weighted by molar-refractivity contribution is 7.89. The highest BCUT2D eigenvalue weighted by Crippen LogP contribution is 2.15. The number of sulfonamides is 1. The molecule has 0 heterocycles. The Morgan fingerprint density at radius 3 is 2.60 bits per heavy atom. The van der Waals surface area contributed by atoms with E-state index < -0.39 is 10.0 Å². The van der Waals surface area contributed by atoms with E-state index in [0.717, 1.165) is 5.56 Å². The first-order chi connectivity index (χ1) is 9.53. The van der Waals surface area contributed by atoms with Crippen LogP contribution in [0.15, 0.2) is 53.4 Å². The average molecular weight is 307 g/mol. The topological polar surface area (TPSA) is 70.0 Å². The van der Waals surface area contributed by atoms with Gasteiger partial charge in [0.15, 0.2) is 0 Å². The van der Waals surface area contributed by atoms with E-state index in [9.17, 15) is 8.42 Å². The Bertz CT molecular complexity index is 767. The Morgan fingerprint density at radius 1 is 1.15 bits per heavy atom. The second-order valence-corrected chi connectivity index (χ2v) is 6.23. The molecule has 2 aromatic rings. The van der Waals surface area contributed by atoms with Crippen molar-refractivity contribution in [2.24, 2.45) is 0 Å². The number of hydrogen-bond donors (Lipinski definition) is 1. The van der Waals surface area contributed by atoms with Crippen molar-refractivity contribution in [3.05, 3.63) is 64.7 Å². The summed E-state index contributed by atoms with van der Waals surface area (Å²) in [6.45, 7) is 0.114. The zero-order chi connectivity index (χ0) is 14.6. The van der Waals surface area contributed by atoms with Crippen molar-refractivity contribution in [1.82, 2.24) is 4.72 Å². The van der Waals surface area contributed by atoms with Crippen LogP contribution in [0.1, 0.15) is 11.1 Å². The zero-order valence-corrected chi connectivity index (χ0v) is 11.9. The number of benzene rings is 2. The predicted molar refractivity (Wildman–Crippen MR) is 76.6 cm³/mol. The molecule has 20 heavy (non-hydrogen) atoms. The van der Waals surface area contributed by atoms with Crippen LogP contribution < -0.4 is 4.72 Å². The molecule has 6 heteroatoms. The van der Waals surface area contributed by atoms with Gasteiger partial charge in [0, 0.05) is 11.6 Å². The molecule has 0 amide bonds. The molecule has 1 N–H and O–H groups in total. The standard InChI is InChI=1S/C14H11ClN2O2S/c15-13-6-3-4-11(8-13)10-17-20(18,19)14-7-2-1-5-12(14)9-16/h1-8,17H,10H2. The van der Waals surface area contributed by atoms with Gasteiger partial charge in [0.2, 0.25) is 10.0 Å². The Morgan fingerprint density at radius 2 is 1.90 bits per heavy atom. The summed E-state index contributed by atoms with van der Waals surface area (Å²) in [6.07, 6.45) is 0. The van der Waals surface area contributed by atoms with Crippen LogP contribution in [-0.4, -0.2) is 8.42 Å². The molecule has 0 spiro atoms. The van der Waals surface area contributed by atoms with Gasteiger partial charge in [-0.15, -0.1) is 0 Å². The fraction of sp³-hybridized carbons (Fsp3) is 0.0714. The second-order valence-electron chi connectivity index (χ2n) is 4.06. The fourth-order valence-electron chi connectivity index (χ4n) is 1.70. The number of rotatable bonds is 4. The molecule has 0 atom stereocenters. The van der Waals surface area contributed by atoms with E-state index in [0.29, 0.717) is 5.02 Å². The van der Waals surface area contributed by atoms with Crippen LogP contribution in [0.3, 0.4) is 0 Å². The number of nitrogens with zero attached hydrogens (tertiary/aromatic N) is 1. The van der Waals surface area contributed by atoms with Gasteiger partial charge in [0.1, 0.15) is 6.07 Å². The summed E-state index contributed by atoms with van der Waals surface area (Å²) in [5, 5.41) is 9.48. The summed E-state index contributed by atoms with van der Waals surface area (Å²) in [7, 11) is -3.73. The molecule has 2 aromatic carbocycles. The lowest BCUT2D eigenvalue weighted by Gasteiger charge is -2.08. The van der Waals surface area contributed by atoms with E-state index >= 15 is 0 Å². The summed E-state index contributed by atoms with van der Waals surface area (Å²) in [6, 6.07) is 14.8. The molecule has 4 nitrogen and oxygen atoms in total. The van der Waals surface area contributed by atoms with Crippen molar-refractivity contribution in [3.8, 4) is 6.07 Å². The molecule has 0 aliphatic rings. The van der Waals surface area contributed by atoms with Crippen LogP contribution in [0.5, 0.6) is 0 Å². The maximum atomic E-state index is 12.2. The molecule has 0 unspecified atom stereocenters. The van der Waals surface area contributed by atoms with Crippen LogP contribution in [0, 0.1) is 11.3 Å². The van der Waals surface area contributed by atoms with Crippen LogP contribution in [-0.2, 0) is 16.6 Å². The molecule has 0 bridgehead atoms. The van der Waals surface area contributed by atoms with Gasteiger partial charge < -0.3 is 0 Å². The zero-order valence-electron chi connectivity index (χ0n) is 10.4. The van der Waals surface area contributed by atoms with Gasteiger partial charge in [-0.25, -0.2) is 13.1 Å². The molecule has 0 aromatic heterocycles. The second kappa shape index (κ2) is 6.06. The van der Waals surface area contributed by atoms with Crippen molar-refractivity contribution in [2.75, 3.05) is 0 Å². The minimum absolute atomic E-state index is 0.0236. The van der Waals surface area contributed by atoms with E-state index in [-0.39, 0.29) is 17.0 Å². The molecule has 0 saturated heterocycles. The molecule has 0 radical (unpaired) electrons. The number of nitrogens with one attached hydrogen (secondary N) is 1. The SMILES string of the molecule is N#Cc1ccccc1S(=O)(=O)NCc1cccc(Cl)c1. The summed E-state index contributed by atoms with van der Waals surface area (Å²) in [4.78, 5) is -0.0236. The number of hydrogen-bond acceptors (Lipinski definition) is 3. The Kier molecular flexibility index (Phi) is 4.40. The summed E-state index contributed by atoms with van der Waals surface area (Å²) in [5.74, 6) is 0. The van der Waals surface area contributed by atoms with E-state index in [1.165, 1.54) is 12.1 Å².